The number of aromatic nitrogens is 3. The number of carbonyl (C=O) groups is 1. The molecule has 8 nitrogen and oxygen atoms in total. The summed E-state index contributed by atoms with van der Waals surface area (Å²) in [6.45, 7) is 5.05. The van der Waals surface area contributed by atoms with Crippen LogP contribution in [0.25, 0.3) is 27.9 Å². The van der Waals surface area contributed by atoms with Crippen LogP contribution in [0.2, 0.25) is 0 Å². The number of methoxy groups -OCH3 is 1. The van der Waals surface area contributed by atoms with E-state index in [0.717, 1.165) is 71.9 Å². The van der Waals surface area contributed by atoms with E-state index in [9.17, 15) is 4.79 Å². The minimum atomic E-state index is 0.0208. The summed E-state index contributed by atoms with van der Waals surface area (Å²) in [6.07, 6.45) is 10.2. The number of imidazole rings is 1. The topological polar surface area (TPSA) is 81.0 Å². The number of aryl methyl sites for hydroxylation is 1. The fourth-order valence-corrected chi connectivity index (χ4v) is 5.71. The number of likely N-dealkylation sites (tertiary alicyclic amines) is 1. The number of amides is 1. The van der Waals surface area contributed by atoms with Crippen molar-refractivity contribution in [3.8, 4) is 17.1 Å². The van der Waals surface area contributed by atoms with Gasteiger partial charge in [-0.1, -0.05) is 6.08 Å². The second-order valence-electron chi connectivity index (χ2n) is 10.5. The van der Waals surface area contributed by atoms with Gasteiger partial charge in [-0.05, 0) is 67.9 Å². The van der Waals surface area contributed by atoms with Crippen molar-refractivity contribution < 1.29 is 9.53 Å². The first-order chi connectivity index (χ1) is 18.4. The van der Waals surface area contributed by atoms with E-state index in [-0.39, 0.29) is 11.9 Å². The fraction of sp³-hybridized carbons (Fsp3) is 0.333. The van der Waals surface area contributed by atoms with Gasteiger partial charge in [-0.25, -0.2) is 4.98 Å². The van der Waals surface area contributed by atoms with Gasteiger partial charge >= 0.3 is 0 Å². The summed E-state index contributed by atoms with van der Waals surface area (Å²) in [7, 11) is 3.78. The summed E-state index contributed by atoms with van der Waals surface area (Å²) in [5.74, 6) is 0.845. The average molecular weight is 511 g/mol. The normalized spacial score (nSPS) is 17.9. The van der Waals surface area contributed by atoms with Crippen molar-refractivity contribution in [2.24, 2.45) is 5.73 Å². The highest BCUT2D eigenvalue weighted by atomic mass is 16.5. The van der Waals surface area contributed by atoms with Gasteiger partial charge in [-0.15, -0.1) is 0 Å². The Bertz CT molecular complexity index is 1590. The first-order valence-electron chi connectivity index (χ1n) is 13.2. The van der Waals surface area contributed by atoms with E-state index < -0.39 is 0 Å². The van der Waals surface area contributed by atoms with E-state index in [1.807, 2.05) is 29.3 Å². The Kier molecular flexibility index (Phi) is 6.19. The summed E-state index contributed by atoms with van der Waals surface area (Å²) in [5.41, 5.74) is 12.9. The number of piperidine rings is 1. The molecule has 0 aliphatic carbocycles. The third-order valence-corrected chi connectivity index (χ3v) is 7.70. The van der Waals surface area contributed by atoms with Gasteiger partial charge in [0.15, 0.2) is 0 Å². The zero-order valence-corrected chi connectivity index (χ0v) is 22.2. The Morgan fingerprint density at radius 2 is 2.08 bits per heavy atom. The molecule has 1 aromatic carbocycles. The van der Waals surface area contributed by atoms with Crippen LogP contribution in [-0.2, 0) is 6.54 Å². The van der Waals surface area contributed by atoms with Crippen LogP contribution in [0.4, 0.5) is 0 Å². The second kappa shape index (κ2) is 9.68. The minimum absolute atomic E-state index is 0.0208. The summed E-state index contributed by atoms with van der Waals surface area (Å²) in [5, 5.41) is 1.13. The van der Waals surface area contributed by atoms with Crippen molar-refractivity contribution in [2.75, 3.05) is 33.8 Å². The molecule has 0 saturated carbocycles. The van der Waals surface area contributed by atoms with E-state index in [1.165, 1.54) is 5.57 Å². The summed E-state index contributed by atoms with van der Waals surface area (Å²) in [4.78, 5) is 22.3. The number of hydrogen-bond donors (Lipinski definition) is 1. The van der Waals surface area contributed by atoms with E-state index in [4.69, 9.17) is 15.5 Å². The summed E-state index contributed by atoms with van der Waals surface area (Å²) in [6, 6.07) is 12.2. The van der Waals surface area contributed by atoms with Gasteiger partial charge in [-0.2, -0.15) is 0 Å². The smallest absolute Gasteiger partial charge is 0.254 e. The second-order valence-corrected chi connectivity index (χ2v) is 10.5. The molecule has 8 heteroatoms. The number of allylic oxidation sites excluding steroid dienone is 2. The quantitative estimate of drug-likeness (QED) is 0.435. The Hall–Kier alpha value is -4.04. The monoisotopic (exact) mass is 510 g/mol. The number of fused-ring (bicyclic) bond motifs is 2. The van der Waals surface area contributed by atoms with Gasteiger partial charge in [0.2, 0.25) is 0 Å². The predicted octanol–water partition coefficient (Wildman–Crippen LogP) is 4.22. The van der Waals surface area contributed by atoms with Crippen molar-refractivity contribution in [3.05, 3.63) is 77.8 Å². The molecule has 1 atom stereocenters. The number of carbonyl (C=O) groups excluding carboxylic acids is 1. The molecule has 2 N–H and O–H groups in total. The molecule has 4 aromatic rings. The average Bonchev–Trinajstić information content (AvgIpc) is 3.44. The third kappa shape index (κ3) is 4.35. The fourth-order valence-electron chi connectivity index (χ4n) is 5.71. The lowest BCUT2D eigenvalue weighted by Gasteiger charge is -2.30. The summed E-state index contributed by atoms with van der Waals surface area (Å²) >= 11 is 0. The van der Waals surface area contributed by atoms with Gasteiger partial charge in [0.25, 0.3) is 5.91 Å². The van der Waals surface area contributed by atoms with Crippen molar-refractivity contribution in [2.45, 2.75) is 32.4 Å². The standard InChI is InChI=1S/C30H34N6O2/c1-20-29(32-28-15-23(10-13-35(20)28)30(37)34-12-5-7-24(31)19-34)27-14-22-8-9-25(38-3)16-26(22)36(27)18-21-6-4-11-33(2)17-21/h4,6,8-11,13-16,24H,5,7,12,17-19,31H2,1-3H3/t24-/m1/s1. The lowest BCUT2D eigenvalue weighted by atomic mass is 10.1. The number of benzene rings is 1. The van der Waals surface area contributed by atoms with Gasteiger partial charge in [0, 0.05) is 68.2 Å². The molecule has 0 spiro atoms. The first-order valence-corrected chi connectivity index (χ1v) is 13.2. The van der Waals surface area contributed by atoms with Crippen LogP contribution in [0.5, 0.6) is 5.75 Å². The molecule has 1 fully saturated rings. The van der Waals surface area contributed by atoms with Crippen LogP contribution >= 0.6 is 0 Å². The van der Waals surface area contributed by atoms with E-state index in [0.29, 0.717) is 12.1 Å². The van der Waals surface area contributed by atoms with Crippen LogP contribution in [0.3, 0.4) is 0 Å². The molecule has 0 unspecified atom stereocenters. The molecule has 38 heavy (non-hydrogen) atoms. The molecule has 1 amide bonds. The summed E-state index contributed by atoms with van der Waals surface area (Å²) < 4.78 is 9.94. The van der Waals surface area contributed by atoms with Crippen LogP contribution in [0, 0.1) is 6.92 Å². The number of hydrogen-bond acceptors (Lipinski definition) is 5. The van der Waals surface area contributed by atoms with Crippen LogP contribution in [0.1, 0.15) is 28.9 Å². The van der Waals surface area contributed by atoms with Crippen molar-refractivity contribution >= 4 is 22.5 Å². The van der Waals surface area contributed by atoms with Gasteiger partial charge in [0.1, 0.15) is 17.1 Å². The largest absolute Gasteiger partial charge is 0.497 e. The first kappa shape index (κ1) is 24.3. The molecule has 3 aromatic heterocycles. The highest BCUT2D eigenvalue weighted by Gasteiger charge is 2.24. The molecule has 2 aliphatic rings. The SMILES string of the molecule is COc1ccc2cc(-c3nc4cc(C(=O)N5CCC[C@@H](N)C5)ccn4c3C)n(CC3=CC=CN(C)C3)c2c1. The van der Waals surface area contributed by atoms with Gasteiger partial charge in [0.05, 0.1) is 18.3 Å². The lowest BCUT2D eigenvalue weighted by molar-refractivity contribution is 0.0709. The molecule has 6 rings (SSSR count). The maximum Gasteiger partial charge on any atom is 0.254 e. The van der Waals surface area contributed by atoms with E-state index >= 15 is 0 Å². The van der Waals surface area contributed by atoms with Crippen LogP contribution < -0.4 is 10.5 Å². The predicted molar refractivity (Wildman–Crippen MR) is 150 cm³/mol. The molecule has 0 bridgehead atoms. The molecule has 196 valence electrons. The number of pyridine rings is 1. The maximum absolute atomic E-state index is 13.2. The van der Waals surface area contributed by atoms with Gasteiger partial charge < -0.3 is 29.2 Å². The molecule has 0 radical (unpaired) electrons. The van der Waals surface area contributed by atoms with Crippen LogP contribution in [-0.4, -0.2) is 69.5 Å². The van der Waals surface area contributed by atoms with Crippen molar-refractivity contribution in [1.29, 1.82) is 0 Å². The Morgan fingerprint density at radius 1 is 1.21 bits per heavy atom. The van der Waals surface area contributed by atoms with Gasteiger partial charge in [-0.3, -0.25) is 4.79 Å². The number of nitrogens with two attached hydrogens (primary N) is 1. The lowest BCUT2D eigenvalue weighted by Crippen LogP contribution is -2.45. The van der Waals surface area contributed by atoms with E-state index in [2.05, 4.69) is 64.4 Å². The molecule has 5 heterocycles. The zero-order chi connectivity index (χ0) is 26.4. The number of nitrogens with zero attached hydrogens (tertiary/aromatic N) is 5. The molecule has 1 saturated heterocycles. The van der Waals surface area contributed by atoms with Crippen molar-refractivity contribution in [1.82, 2.24) is 23.8 Å². The zero-order valence-electron chi connectivity index (χ0n) is 22.2. The number of likely N-dealkylation sites (N-methyl/N-ethyl adjacent to an activating group) is 1. The Balaban J connectivity index is 1.43. The Morgan fingerprint density at radius 3 is 2.87 bits per heavy atom. The minimum Gasteiger partial charge on any atom is -0.497 e. The van der Waals surface area contributed by atoms with E-state index in [1.54, 1.807) is 7.11 Å². The molecular weight excluding hydrogens is 476 g/mol. The number of ether oxygens (including phenoxy) is 1. The molecule has 2 aliphatic heterocycles. The highest BCUT2D eigenvalue weighted by Crippen LogP contribution is 2.33. The third-order valence-electron chi connectivity index (χ3n) is 7.70. The number of rotatable bonds is 5. The highest BCUT2D eigenvalue weighted by molar-refractivity contribution is 5.95. The molecular formula is C30H34N6O2. The van der Waals surface area contributed by atoms with Crippen LogP contribution in [0.15, 0.2) is 66.5 Å². The maximum atomic E-state index is 13.2. The Labute approximate surface area is 222 Å². The van der Waals surface area contributed by atoms with Crippen molar-refractivity contribution in [3.63, 3.8) is 0 Å².